The topological polar surface area (TPSA) is 47.4 Å². The Morgan fingerprint density at radius 2 is 2.04 bits per heavy atom. The molecular weight excluding hydrogens is 302 g/mol. The molecule has 0 bridgehead atoms. The molecule has 1 aliphatic heterocycles. The second-order valence-corrected chi connectivity index (χ2v) is 6.42. The Labute approximate surface area is 143 Å². The minimum atomic E-state index is 0.130. The molecule has 0 saturated carbocycles. The van der Waals surface area contributed by atoms with Crippen LogP contribution in [0, 0.1) is 13.8 Å². The van der Waals surface area contributed by atoms with E-state index in [4.69, 9.17) is 4.74 Å². The lowest BCUT2D eigenvalue weighted by molar-refractivity contribution is 0.0350. The molecule has 3 rings (SSSR count). The lowest BCUT2D eigenvalue weighted by Gasteiger charge is -2.31. The fourth-order valence-electron chi connectivity index (χ4n) is 3.38. The molecule has 0 radical (unpaired) electrons. The van der Waals surface area contributed by atoms with E-state index in [2.05, 4.69) is 9.55 Å². The van der Waals surface area contributed by atoms with E-state index in [1.165, 1.54) is 0 Å². The predicted molar refractivity (Wildman–Crippen MR) is 93.2 cm³/mol. The van der Waals surface area contributed by atoms with Gasteiger partial charge in [0.05, 0.1) is 23.9 Å². The number of carbonyl (C=O) groups excluding carboxylic acids is 1. The van der Waals surface area contributed by atoms with Crippen LogP contribution in [0.2, 0.25) is 0 Å². The van der Waals surface area contributed by atoms with E-state index < -0.39 is 0 Å². The number of rotatable bonds is 4. The Kier molecular flexibility index (Phi) is 5.00. The van der Waals surface area contributed by atoms with Crippen molar-refractivity contribution >= 4 is 5.91 Å². The van der Waals surface area contributed by atoms with Gasteiger partial charge in [-0.3, -0.25) is 9.78 Å². The summed E-state index contributed by atoms with van der Waals surface area (Å²) < 4.78 is 7.55. The highest BCUT2D eigenvalue weighted by molar-refractivity contribution is 5.95. The van der Waals surface area contributed by atoms with Crippen molar-refractivity contribution in [1.82, 2.24) is 14.5 Å². The van der Waals surface area contributed by atoms with Crippen LogP contribution in [-0.4, -0.2) is 46.7 Å². The Morgan fingerprint density at radius 1 is 1.29 bits per heavy atom. The van der Waals surface area contributed by atoms with Crippen LogP contribution in [0.3, 0.4) is 0 Å². The fourth-order valence-corrected chi connectivity index (χ4v) is 3.38. The molecule has 1 saturated heterocycles. The Hall–Kier alpha value is -2.14. The standard InChI is InChI=1S/C19H25N3O2/c1-14-12-18(19(23)21-10-7-17(24-3)8-11-21)15(2)22(14)13-16-6-4-5-9-20-16/h4-6,9,12,17H,7-8,10-11,13H2,1-3H3. The summed E-state index contributed by atoms with van der Waals surface area (Å²) in [4.78, 5) is 19.2. The summed E-state index contributed by atoms with van der Waals surface area (Å²) in [6, 6.07) is 7.92. The maximum Gasteiger partial charge on any atom is 0.255 e. The summed E-state index contributed by atoms with van der Waals surface area (Å²) in [6.07, 6.45) is 3.91. The number of methoxy groups -OCH3 is 1. The van der Waals surface area contributed by atoms with Crippen molar-refractivity contribution in [2.75, 3.05) is 20.2 Å². The first kappa shape index (κ1) is 16.7. The zero-order valence-electron chi connectivity index (χ0n) is 14.7. The molecule has 24 heavy (non-hydrogen) atoms. The Bertz CT molecular complexity index is 701. The molecular formula is C19H25N3O2. The van der Waals surface area contributed by atoms with Gasteiger partial charge in [-0.05, 0) is 44.9 Å². The van der Waals surface area contributed by atoms with Crippen molar-refractivity contribution in [3.05, 3.63) is 53.1 Å². The third-order valence-electron chi connectivity index (χ3n) is 4.91. The summed E-state index contributed by atoms with van der Waals surface area (Å²) in [7, 11) is 1.74. The number of aromatic nitrogens is 2. The van der Waals surface area contributed by atoms with Crippen molar-refractivity contribution in [2.45, 2.75) is 39.3 Å². The van der Waals surface area contributed by atoms with E-state index in [-0.39, 0.29) is 12.0 Å². The van der Waals surface area contributed by atoms with Crippen LogP contribution >= 0.6 is 0 Å². The van der Waals surface area contributed by atoms with Crippen LogP contribution in [-0.2, 0) is 11.3 Å². The van der Waals surface area contributed by atoms with Gasteiger partial charge in [0, 0.05) is 37.8 Å². The van der Waals surface area contributed by atoms with Gasteiger partial charge in [0.25, 0.3) is 5.91 Å². The number of amides is 1. The predicted octanol–water partition coefficient (Wildman–Crippen LogP) is 2.80. The lowest BCUT2D eigenvalue weighted by atomic mass is 10.1. The summed E-state index contributed by atoms with van der Waals surface area (Å²) in [6.45, 7) is 6.29. The van der Waals surface area contributed by atoms with Crippen LogP contribution in [0.25, 0.3) is 0 Å². The van der Waals surface area contributed by atoms with E-state index >= 15 is 0 Å². The van der Waals surface area contributed by atoms with Gasteiger partial charge in [-0.2, -0.15) is 0 Å². The largest absolute Gasteiger partial charge is 0.381 e. The molecule has 3 heterocycles. The van der Waals surface area contributed by atoms with Crippen molar-refractivity contribution in [2.24, 2.45) is 0 Å². The minimum Gasteiger partial charge on any atom is -0.381 e. The summed E-state index contributed by atoms with van der Waals surface area (Å²) >= 11 is 0. The molecule has 0 N–H and O–H groups in total. The molecule has 0 unspecified atom stereocenters. The summed E-state index contributed by atoms with van der Waals surface area (Å²) in [5.41, 5.74) is 3.91. The van der Waals surface area contributed by atoms with Crippen LogP contribution in [0.15, 0.2) is 30.5 Å². The average molecular weight is 327 g/mol. The molecule has 2 aromatic heterocycles. The molecule has 1 aliphatic rings. The van der Waals surface area contributed by atoms with Gasteiger partial charge in [0.1, 0.15) is 0 Å². The Morgan fingerprint density at radius 3 is 2.67 bits per heavy atom. The van der Waals surface area contributed by atoms with E-state index in [9.17, 15) is 4.79 Å². The van der Waals surface area contributed by atoms with Gasteiger partial charge in [-0.25, -0.2) is 0 Å². The number of hydrogen-bond donors (Lipinski definition) is 0. The average Bonchev–Trinajstić information content (AvgIpc) is 2.90. The second-order valence-electron chi connectivity index (χ2n) is 6.42. The lowest BCUT2D eigenvalue weighted by Crippen LogP contribution is -2.40. The smallest absolute Gasteiger partial charge is 0.255 e. The number of hydrogen-bond acceptors (Lipinski definition) is 3. The number of nitrogens with zero attached hydrogens (tertiary/aromatic N) is 3. The third kappa shape index (κ3) is 3.36. The molecule has 2 aromatic rings. The normalized spacial score (nSPS) is 15.7. The highest BCUT2D eigenvalue weighted by atomic mass is 16.5. The molecule has 0 atom stereocenters. The number of carbonyl (C=O) groups is 1. The SMILES string of the molecule is COC1CCN(C(=O)c2cc(C)n(Cc3ccccn3)c2C)CC1. The van der Waals surface area contributed by atoms with Gasteiger partial charge < -0.3 is 14.2 Å². The van der Waals surface area contributed by atoms with Crippen molar-refractivity contribution < 1.29 is 9.53 Å². The Balaban J connectivity index is 1.77. The minimum absolute atomic E-state index is 0.130. The first-order valence-electron chi connectivity index (χ1n) is 8.49. The van der Waals surface area contributed by atoms with Gasteiger partial charge in [0.15, 0.2) is 0 Å². The number of aryl methyl sites for hydroxylation is 1. The highest BCUT2D eigenvalue weighted by Gasteiger charge is 2.26. The van der Waals surface area contributed by atoms with Gasteiger partial charge in [0.2, 0.25) is 0 Å². The summed E-state index contributed by atoms with van der Waals surface area (Å²) in [5, 5.41) is 0. The number of likely N-dealkylation sites (tertiary alicyclic amines) is 1. The highest BCUT2D eigenvalue weighted by Crippen LogP contribution is 2.21. The van der Waals surface area contributed by atoms with Crippen LogP contribution in [0.4, 0.5) is 0 Å². The van der Waals surface area contributed by atoms with Gasteiger partial charge >= 0.3 is 0 Å². The van der Waals surface area contributed by atoms with Crippen LogP contribution < -0.4 is 0 Å². The number of ether oxygens (including phenoxy) is 1. The van der Waals surface area contributed by atoms with Gasteiger partial charge in [-0.15, -0.1) is 0 Å². The fraction of sp³-hybridized carbons (Fsp3) is 0.474. The van der Waals surface area contributed by atoms with Crippen LogP contribution in [0.1, 0.15) is 40.3 Å². The molecule has 5 heteroatoms. The van der Waals surface area contributed by atoms with E-state index in [0.29, 0.717) is 6.54 Å². The molecule has 1 fully saturated rings. The molecule has 5 nitrogen and oxygen atoms in total. The molecule has 0 aromatic carbocycles. The third-order valence-corrected chi connectivity index (χ3v) is 4.91. The van der Waals surface area contributed by atoms with E-state index in [0.717, 1.165) is 48.6 Å². The second kappa shape index (κ2) is 7.18. The first-order valence-corrected chi connectivity index (χ1v) is 8.49. The molecule has 0 aliphatic carbocycles. The summed E-state index contributed by atoms with van der Waals surface area (Å²) in [5.74, 6) is 0.130. The van der Waals surface area contributed by atoms with Gasteiger partial charge in [-0.1, -0.05) is 6.07 Å². The molecule has 128 valence electrons. The van der Waals surface area contributed by atoms with E-state index in [1.54, 1.807) is 13.3 Å². The van der Waals surface area contributed by atoms with Crippen molar-refractivity contribution in [3.63, 3.8) is 0 Å². The maximum absolute atomic E-state index is 12.9. The molecule has 0 spiro atoms. The van der Waals surface area contributed by atoms with Crippen molar-refractivity contribution in [1.29, 1.82) is 0 Å². The number of piperidine rings is 1. The van der Waals surface area contributed by atoms with Crippen LogP contribution in [0.5, 0.6) is 0 Å². The zero-order chi connectivity index (χ0) is 17.1. The maximum atomic E-state index is 12.9. The quantitative estimate of drug-likeness (QED) is 0.867. The van der Waals surface area contributed by atoms with E-state index in [1.807, 2.05) is 43.0 Å². The monoisotopic (exact) mass is 327 g/mol. The molecule has 1 amide bonds. The van der Waals surface area contributed by atoms with Crippen molar-refractivity contribution in [3.8, 4) is 0 Å². The number of pyridine rings is 1. The zero-order valence-corrected chi connectivity index (χ0v) is 14.7. The first-order chi connectivity index (χ1) is 11.6.